The van der Waals surface area contributed by atoms with E-state index in [0.29, 0.717) is 57.1 Å². The average Bonchev–Trinajstić information content (AvgIpc) is 3.47. The van der Waals surface area contributed by atoms with Crippen molar-refractivity contribution < 1.29 is 23.5 Å². The zero-order chi connectivity index (χ0) is 22.1. The summed E-state index contributed by atoms with van der Waals surface area (Å²) in [4.78, 5) is 35.3. The van der Waals surface area contributed by atoms with Crippen LogP contribution in [0.5, 0.6) is 0 Å². The number of carbonyl (C=O) groups is 2. The van der Waals surface area contributed by atoms with Crippen molar-refractivity contribution in [3.63, 3.8) is 0 Å². The molecule has 0 bridgehead atoms. The fourth-order valence-corrected chi connectivity index (χ4v) is 4.00. The second-order valence-corrected chi connectivity index (χ2v) is 7.74. The minimum absolute atomic E-state index is 0.102. The number of aromatic nitrogens is 4. The third-order valence-corrected chi connectivity index (χ3v) is 5.71. The fraction of sp³-hybridized carbons (Fsp3) is 0.476. The average molecular weight is 440 g/mol. The molecule has 1 amide bonds. The number of esters is 1. The van der Waals surface area contributed by atoms with E-state index in [2.05, 4.69) is 20.4 Å². The Balaban J connectivity index is 1.51. The predicted molar refractivity (Wildman–Crippen MR) is 113 cm³/mol. The number of hydrogen-bond donors (Lipinski definition) is 1. The van der Waals surface area contributed by atoms with Crippen LogP contribution in [0.2, 0.25) is 0 Å². The van der Waals surface area contributed by atoms with Crippen LogP contribution in [0.3, 0.4) is 0 Å². The third-order valence-electron chi connectivity index (χ3n) is 5.71. The Bertz CT molecular complexity index is 1150. The van der Waals surface area contributed by atoms with Gasteiger partial charge in [0.1, 0.15) is 6.26 Å². The molecule has 0 spiro atoms. The quantitative estimate of drug-likeness (QED) is 0.590. The second kappa shape index (κ2) is 8.58. The molecule has 0 aromatic carbocycles. The summed E-state index contributed by atoms with van der Waals surface area (Å²) in [5, 5.41) is 8.66. The van der Waals surface area contributed by atoms with E-state index in [-0.39, 0.29) is 35.9 Å². The Morgan fingerprint density at radius 2 is 2.09 bits per heavy atom. The number of carbonyl (C=O) groups excluding carboxylic acids is 2. The first-order valence-electron chi connectivity index (χ1n) is 10.7. The number of nitrogens with one attached hydrogen (secondary N) is 1. The molecule has 1 atom stereocenters. The number of rotatable bonds is 5. The highest BCUT2D eigenvalue weighted by atomic mass is 16.5. The smallest absolute Gasteiger partial charge is 0.307 e. The van der Waals surface area contributed by atoms with E-state index in [9.17, 15) is 9.59 Å². The fourth-order valence-electron chi connectivity index (χ4n) is 4.00. The topological polar surface area (TPSA) is 125 Å². The molecular weight excluding hydrogens is 416 g/mol. The van der Waals surface area contributed by atoms with Crippen LogP contribution in [0.1, 0.15) is 30.3 Å². The standard InChI is InChI=1S/C21H24N6O5/c1-2-27-19-14(11-23-27)18(24-13-3-6-31-17(28)9-13)15(10-22-19)20-25-16(12-32-20)21(29)26-4-7-30-8-5-26/h10-13H,2-9H2,1H3,(H,22,24). The Kier molecular flexibility index (Phi) is 5.48. The lowest BCUT2D eigenvalue weighted by atomic mass is 10.1. The van der Waals surface area contributed by atoms with Crippen molar-refractivity contribution in [3.8, 4) is 11.5 Å². The maximum Gasteiger partial charge on any atom is 0.307 e. The molecule has 5 heterocycles. The number of anilines is 1. The Morgan fingerprint density at radius 3 is 2.88 bits per heavy atom. The number of nitrogens with zero attached hydrogens (tertiary/aromatic N) is 5. The first-order valence-corrected chi connectivity index (χ1v) is 10.7. The van der Waals surface area contributed by atoms with E-state index in [1.807, 2.05) is 6.92 Å². The molecule has 11 heteroatoms. The molecule has 32 heavy (non-hydrogen) atoms. The summed E-state index contributed by atoms with van der Waals surface area (Å²) < 4.78 is 17.9. The SMILES string of the molecule is CCn1ncc2c(NC3CCOC(=O)C3)c(-c3nc(C(=O)N4CCOCC4)co3)cnc21. The van der Waals surface area contributed by atoms with Crippen LogP contribution in [0.25, 0.3) is 22.5 Å². The van der Waals surface area contributed by atoms with E-state index in [1.165, 1.54) is 6.26 Å². The van der Waals surface area contributed by atoms with Crippen molar-refractivity contribution in [1.82, 2.24) is 24.6 Å². The number of oxazole rings is 1. The number of ether oxygens (including phenoxy) is 2. The van der Waals surface area contributed by atoms with Gasteiger partial charge in [-0.25, -0.2) is 14.6 Å². The van der Waals surface area contributed by atoms with Gasteiger partial charge in [0, 0.05) is 38.3 Å². The summed E-state index contributed by atoms with van der Waals surface area (Å²) in [6.07, 6.45) is 5.71. The minimum atomic E-state index is -0.237. The molecule has 2 saturated heterocycles. The monoisotopic (exact) mass is 440 g/mol. The molecule has 2 fully saturated rings. The van der Waals surface area contributed by atoms with Gasteiger partial charge in [0.25, 0.3) is 5.91 Å². The van der Waals surface area contributed by atoms with Crippen LogP contribution < -0.4 is 5.32 Å². The van der Waals surface area contributed by atoms with Crippen molar-refractivity contribution in [3.05, 3.63) is 24.4 Å². The minimum Gasteiger partial charge on any atom is -0.466 e. The molecule has 1 N–H and O–H groups in total. The van der Waals surface area contributed by atoms with Gasteiger partial charge in [0.2, 0.25) is 5.89 Å². The van der Waals surface area contributed by atoms with Crippen molar-refractivity contribution in [1.29, 1.82) is 0 Å². The first-order chi connectivity index (χ1) is 15.6. The van der Waals surface area contributed by atoms with Crippen molar-refractivity contribution in [2.45, 2.75) is 32.4 Å². The molecule has 3 aromatic rings. The van der Waals surface area contributed by atoms with Gasteiger partial charge in [-0.05, 0) is 6.92 Å². The van der Waals surface area contributed by atoms with E-state index in [0.717, 1.165) is 11.1 Å². The van der Waals surface area contributed by atoms with Crippen LogP contribution in [-0.2, 0) is 20.8 Å². The molecule has 168 valence electrons. The molecule has 2 aliphatic rings. The van der Waals surface area contributed by atoms with Crippen molar-refractivity contribution >= 4 is 28.6 Å². The van der Waals surface area contributed by atoms with Crippen LogP contribution in [0.15, 0.2) is 23.1 Å². The Labute approximate surface area is 183 Å². The maximum atomic E-state index is 12.8. The molecule has 5 rings (SSSR count). The van der Waals surface area contributed by atoms with E-state index >= 15 is 0 Å². The van der Waals surface area contributed by atoms with E-state index < -0.39 is 0 Å². The van der Waals surface area contributed by atoms with Crippen LogP contribution >= 0.6 is 0 Å². The number of amides is 1. The van der Waals surface area contributed by atoms with E-state index in [1.54, 1.807) is 22.0 Å². The van der Waals surface area contributed by atoms with Gasteiger partial charge in [-0.2, -0.15) is 5.10 Å². The van der Waals surface area contributed by atoms with Crippen LogP contribution in [-0.4, -0.2) is 75.5 Å². The van der Waals surface area contributed by atoms with Gasteiger partial charge in [-0.15, -0.1) is 0 Å². The summed E-state index contributed by atoms with van der Waals surface area (Å²) in [5.41, 5.74) is 2.28. The summed E-state index contributed by atoms with van der Waals surface area (Å²) >= 11 is 0. The normalized spacial score (nSPS) is 19.2. The van der Waals surface area contributed by atoms with Gasteiger partial charge in [0.05, 0.1) is 49.1 Å². The number of cyclic esters (lactones) is 1. The highest BCUT2D eigenvalue weighted by molar-refractivity contribution is 5.98. The molecule has 1 unspecified atom stereocenters. The zero-order valence-electron chi connectivity index (χ0n) is 17.7. The van der Waals surface area contributed by atoms with Gasteiger partial charge in [-0.3, -0.25) is 9.59 Å². The van der Waals surface area contributed by atoms with Gasteiger partial charge in [0.15, 0.2) is 11.3 Å². The molecular formula is C21H24N6O5. The number of fused-ring (bicyclic) bond motifs is 1. The summed E-state index contributed by atoms with van der Waals surface area (Å²) in [6.45, 7) is 5.09. The second-order valence-electron chi connectivity index (χ2n) is 7.74. The molecule has 0 saturated carbocycles. The molecule has 11 nitrogen and oxygen atoms in total. The lowest BCUT2D eigenvalue weighted by molar-refractivity contribution is -0.147. The summed E-state index contributed by atoms with van der Waals surface area (Å²) in [7, 11) is 0. The highest BCUT2D eigenvalue weighted by Gasteiger charge is 2.26. The largest absolute Gasteiger partial charge is 0.466 e. The number of aryl methyl sites for hydroxylation is 1. The Hall–Kier alpha value is -3.47. The van der Waals surface area contributed by atoms with Crippen LogP contribution in [0, 0.1) is 0 Å². The first kappa shape index (κ1) is 20.4. The number of morpholine rings is 1. The maximum absolute atomic E-state index is 12.8. The molecule has 0 radical (unpaired) electrons. The lowest BCUT2D eigenvalue weighted by Gasteiger charge is -2.25. The Morgan fingerprint density at radius 1 is 1.25 bits per heavy atom. The molecule has 3 aromatic heterocycles. The summed E-state index contributed by atoms with van der Waals surface area (Å²) in [5.74, 6) is -0.152. The number of hydrogen-bond acceptors (Lipinski definition) is 9. The van der Waals surface area contributed by atoms with Gasteiger partial charge in [-0.1, -0.05) is 0 Å². The number of pyridine rings is 1. The van der Waals surface area contributed by atoms with Crippen LogP contribution in [0.4, 0.5) is 5.69 Å². The lowest BCUT2D eigenvalue weighted by Crippen LogP contribution is -2.40. The van der Waals surface area contributed by atoms with Gasteiger partial charge >= 0.3 is 5.97 Å². The van der Waals surface area contributed by atoms with Gasteiger partial charge < -0.3 is 24.1 Å². The highest BCUT2D eigenvalue weighted by Crippen LogP contribution is 2.34. The van der Waals surface area contributed by atoms with Crippen molar-refractivity contribution in [2.75, 3.05) is 38.2 Å². The predicted octanol–water partition coefficient (Wildman–Crippen LogP) is 1.70. The molecule has 0 aliphatic carbocycles. The summed E-state index contributed by atoms with van der Waals surface area (Å²) in [6, 6.07) is -0.102. The van der Waals surface area contributed by atoms with Crippen molar-refractivity contribution in [2.24, 2.45) is 0 Å². The van der Waals surface area contributed by atoms with E-state index in [4.69, 9.17) is 13.9 Å². The zero-order valence-corrected chi connectivity index (χ0v) is 17.7. The molecule has 2 aliphatic heterocycles. The third kappa shape index (κ3) is 3.79.